The molecule has 0 aliphatic carbocycles. The molecule has 106 valence electrons. The number of nitrogens with one attached hydrogen (secondary N) is 1. The van der Waals surface area contributed by atoms with Gasteiger partial charge in [-0.15, -0.1) is 0 Å². The first kappa shape index (κ1) is 13.0. The maximum absolute atomic E-state index is 10.7. The molecule has 0 amide bonds. The van der Waals surface area contributed by atoms with Crippen molar-refractivity contribution in [2.45, 2.75) is 6.42 Å². The van der Waals surface area contributed by atoms with E-state index in [-0.39, 0.29) is 5.69 Å². The Hall–Kier alpha value is -2.96. The average molecular weight is 284 g/mol. The van der Waals surface area contributed by atoms with Crippen LogP contribution in [0.15, 0.2) is 47.0 Å². The molecule has 3 rings (SSSR count). The molecule has 0 atom stereocenters. The van der Waals surface area contributed by atoms with Gasteiger partial charge in [0.1, 0.15) is 5.52 Å². The Morgan fingerprint density at radius 3 is 2.95 bits per heavy atom. The van der Waals surface area contributed by atoms with Gasteiger partial charge in [0.2, 0.25) is 0 Å². The Morgan fingerprint density at radius 1 is 1.29 bits per heavy atom. The number of hydrogen-bond acceptors (Lipinski definition) is 6. The van der Waals surface area contributed by atoms with Crippen LogP contribution in [0.1, 0.15) is 5.69 Å². The Labute approximate surface area is 119 Å². The first-order chi connectivity index (χ1) is 10.2. The molecule has 0 unspecified atom stereocenters. The third-order valence-corrected chi connectivity index (χ3v) is 2.97. The first-order valence-electron chi connectivity index (χ1n) is 6.41. The molecular formula is C14H12N4O3. The zero-order valence-corrected chi connectivity index (χ0v) is 11.0. The molecule has 1 N–H and O–H groups in total. The van der Waals surface area contributed by atoms with E-state index in [1.807, 2.05) is 18.2 Å². The van der Waals surface area contributed by atoms with Crippen LogP contribution in [-0.2, 0) is 6.42 Å². The maximum Gasteiger partial charge on any atom is 0.295 e. The van der Waals surface area contributed by atoms with E-state index in [2.05, 4.69) is 15.3 Å². The highest BCUT2D eigenvalue weighted by Gasteiger charge is 2.11. The molecule has 0 bridgehead atoms. The lowest BCUT2D eigenvalue weighted by molar-refractivity contribution is -0.384. The summed E-state index contributed by atoms with van der Waals surface area (Å²) in [6, 6.07) is 10.4. The Balaban J connectivity index is 1.68. The number of nitro groups is 1. The number of nitro benzene ring substituents is 1. The fourth-order valence-electron chi connectivity index (χ4n) is 1.95. The number of aromatic nitrogens is 2. The lowest BCUT2D eigenvalue weighted by atomic mass is 10.3. The van der Waals surface area contributed by atoms with Crippen molar-refractivity contribution in [3.05, 3.63) is 58.4 Å². The van der Waals surface area contributed by atoms with E-state index in [9.17, 15) is 10.1 Å². The van der Waals surface area contributed by atoms with Crippen LogP contribution in [0.4, 0.5) is 11.7 Å². The van der Waals surface area contributed by atoms with Gasteiger partial charge >= 0.3 is 0 Å². The van der Waals surface area contributed by atoms with Gasteiger partial charge in [0.25, 0.3) is 11.7 Å². The van der Waals surface area contributed by atoms with E-state index in [1.54, 1.807) is 12.3 Å². The fourth-order valence-corrected chi connectivity index (χ4v) is 1.95. The number of fused-ring (bicyclic) bond motifs is 1. The molecule has 0 aliphatic rings. The molecule has 0 fully saturated rings. The van der Waals surface area contributed by atoms with E-state index in [0.717, 1.165) is 12.1 Å². The minimum atomic E-state index is -0.456. The largest absolute Gasteiger partial charge is 0.424 e. The van der Waals surface area contributed by atoms with E-state index in [0.29, 0.717) is 23.7 Å². The summed E-state index contributed by atoms with van der Waals surface area (Å²) in [7, 11) is 0. The van der Waals surface area contributed by atoms with Crippen molar-refractivity contribution in [2.75, 3.05) is 11.9 Å². The molecule has 1 aromatic carbocycles. The van der Waals surface area contributed by atoms with Crippen LogP contribution >= 0.6 is 0 Å². The molecule has 0 saturated carbocycles. The lowest BCUT2D eigenvalue weighted by Gasteiger charge is -2.00. The minimum absolute atomic E-state index is 0.00386. The topological polar surface area (TPSA) is 94.1 Å². The highest BCUT2D eigenvalue weighted by Crippen LogP contribution is 2.23. The van der Waals surface area contributed by atoms with Gasteiger partial charge in [-0.25, -0.2) is 0 Å². The first-order valence-corrected chi connectivity index (χ1v) is 6.41. The molecule has 7 heteroatoms. The number of anilines is 1. The maximum atomic E-state index is 10.7. The number of nitrogens with zero attached hydrogens (tertiary/aromatic N) is 3. The van der Waals surface area contributed by atoms with Gasteiger partial charge in [0.15, 0.2) is 5.58 Å². The summed E-state index contributed by atoms with van der Waals surface area (Å²) in [5.41, 5.74) is 1.94. The summed E-state index contributed by atoms with van der Waals surface area (Å²) in [5, 5.41) is 13.7. The van der Waals surface area contributed by atoms with Crippen molar-refractivity contribution in [1.82, 2.24) is 9.97 Å². The standard InChI is InChI=1S/C14H12N4O3/c19-18(20)11-4-5-13-12(9-11)17-14(21-13)16-8-6-10-3-1-2-7-15-10/h1-5,7,9H,6,8H2,(H,16,17). The molecule has 0 saturated heterocycles. The van der Waals surface area contributed by atoms with Crippen LogP contribution in [0.2, 0.25) is 0 Å². The molecule has 21 heavy (non-hydrogen) atoms. The van der Waals surface area contributed by atoms with Gasteiger partial charge in [-0.1, -0.05) is 6.07 Å². The van der Waals surface area contributed by atoms with E-state index in [4.69, 9.17) is 4.42 Å². The van der Waals surface area contributed by atoms with E-state index in [1.165, 1.54) is 12.1 Å². The predicted octanol–water partition coefficient (Wildman–Crippen LogP) is 2.79. The molecule has 7 nitrogen and oxygen atoms in total. The zero-order chi connectivity index (χ0) is 14.7. The molecule has 0 radical (unpaired) electrons. The highest BCUT2D eigenvalue weighted by molar-refractivity contribution is 5.77. The lowest BCUT2D eigenvalue weighted by Crippen LogP contribution is -2.05. The quantitative estimate of drug-likeness (QED) is 0.572. The highest BCUT2D eigenvalue weighted by atomic mass is 16.6. The van der Waals surface area contributed by atoms with Crippen molar-refractivity contribution in [3.8, 4) is 0 Å². The normalized spacial score (nSPS) is 10.7. The van der Waals surface area contributed by atoms with E-state index < -0.39 is 4.92 Å². The number of non-ortho nitro benzene ring substituents is 1. The summed E-state index contributed by atoms with van der Waals surface area (Å²) in [5.74, 6) is 0. The van der Waals surface area contributed by atoms with Crippen LogP contribution in [-0.4, -0.2) is 21.4 Å². The van der Waals surface area contributed by atoms with Gasteiger partial charge in [-0.3, -0.25) is 15.1 Å². The van der Waals surface area contributed by atoms with Crippen LogP contribution in [0.3, 0.4) is 0 Å². The van der Waals surface area contributed by atoms with Gasteiger partial charge in [-0.2, -0.15) is 4.98 Å². The summed E-state index contributed by atoms with van der Waals surface area (Å²) in [6.07, 6.45) is 2.48. The second kappa shape index (κ2) is 5.58. The van der Waals surface area contributed by atoms with Crippen LogP contribution < -0.4 is 5.32 Å². The molecule has 3 aromatic rings. The van der Waals surface area contributed by atoms with Gasteiger partial charge in [-0.05, 0) is 18.2 Å². The monoisotopic (exact) mass is 284 g/mol. The third-order valence-electron chi connectivity index (χ3n) is 2.97. The van der Waals surface area contributed by atoms with Crippen molar-refractivity contribution < 1.29 is 9.34 Å². The second-order valence-corrected chi connectivity index (χ2v) is 4.43. The molecule has 2 aromatic heterocycles. The number of oxazole rings is 1. The van der Waals surface area contributed by atoms with E-state index >= 15 is 0 Å². The minimum Gasteiger partial charge on any atom is -0.424 e. The molecule has 0 spiro atoms. The number of benzene rings is 1. The Morgan fingerprint density at radius 2 is 2.19 bits per heavy atom. The molecule has 0 aliphatic heterocycles. The van der Waals surface area contributed by atoms with Crippen LogP contribution in [0.5, 0.6) is 0 Å². The van der Waals surface area contributed by atoms with Gasteiger partial charge < -0.3 is 9.73 Å². The van der Waals surface area contributed by atoms with Crippen molar-refractivity contribution >= 4 is 22.8 Å². The molecule has 2 heterocycles. The summed E-state index contributed by atoms with van der Waals surface area (Å²) in [6.45, 7) is 0.617. The predicted molar refractivity (Wildman–Crippen MR) is 77.1 cm³/mol. The van der Waals surface area contributed by atoms with Gasteiger partial charge in [0.05, 0.1) is 4.92 Å². The van der Waals surface area contributed by atoms with Crippen LogP contribution in [0, 0.1) is 10.1 Å². The Bertz CT molecular complexity index is 770. The zero-order valence-electron chi connectivity index (χ0n) is 11.0. The van der Waals surface area contributed by atoms with Crippen molar-refractivity contribution in [1.29, 1.82) is 0 Å². The summed E-state index contributed by atoms with van der Waals surface area (Å²) in [4.78, 5) is 18.7. The molecular weight excluding hydrogens is 272 g/mol. The SMILES string of the molecule is O=[N+]([O-])c1ccc2oc(NCCc3ccccn3)nc2c1. The van der Waals surface area contributed by atoms with Gasteiger partial charge in [0, 0.05) is 37.0 Å². The smallest absolute Gasteiger partial charge is 0.295 e. The fraction of sp³-hybridized carbons (Fsp3) is 0.143. The number of rotatable bonds is 5. The Kier molecular flexibility index (Phi) is 3.46. The summed E-state index contributed by atoms with van der Waals surface area (Å²) < 4.78 is 5.48. The van der Waals surface area contributed by atoms with Crippen molar-refractivity contribution in [3.63, 3.8) is 0 Å². The summed E-state index contributed by atoms with van der Waals surface area (Å²) >= 11 is 0. The second-order valence-electron chi connectivity index (χ2n) is 4.43. The number of hydrogen-bond donors (Lipinski definition) is 1. The third kappa shape index (κ3) is 2.97. The van der Waals surface area contributed by atoms with Crippen molar-refractivity contribution in [2.24, 2.45) is 0 Å². The van der Waals surface area contributed by atoms with Crippen LogP contribution in [0.25, 0.3) is 11.1 Å². The number of pyridine rings is 1. The average Bonchev–Trinajstić information content (AvgIpc) is 2.90.